The van der Waals surface area contributed by atoms with Gasteiger partial charge in [0.05, 0.1) is 6.54 Å². The van der Waals surface area contributed by atoms with E-state index >= 15 is 0 Å². The molecule has 2 aliphatic rings. The number of carboxylic acid groups (broad SMARTS) is 1. The van der Waals surface area contributed by atoms with Gasteiger partial charge in [-0.15, -0.1) is 0 Å². The first-order valence-corrected chi connectivity index (χ1v) is 7.42. The molecular formula is C14H25N3O3. The fourth-order valence-electron chi connectivity index (χ4n) is 3.18. The normalized spacial score (nSPS) is 29.4. The molecule has 0 aliphatic carbocycles. The van der Waals surface area contributed by atoms with Crippen molar-refractivity contribution in [3.8, 4) is 0 Å². The van der Waals surface area contributed by atoms with Crippen LogP contribution in [0.5, 0.6) is 0 Å². The van der Waals surface area contributed by atoms with Gasteiger partial charge < -0.3 is 14.9 Å². The van der Waals surface area contributed by atoms with Crippen LogP contribution in [-0.2, 0) is 9.59 Å². The van der Waals surface area contributed by atoms with Gasteiger partial charge in [-0.1, -0.05) is 6.92 Å². The van der Waals surface area contributed by atoms with Crippen LogP contribution in [-0.4, -0.2) is 84.0 Å². The third-order valence-corrected chi connectivity index (χ3v) is 4.48. The quantitative estimate of drug-likeness (QED) is 0.786. The van der Waals surface area contributed by atoms with E-state index in [-0.39, 0.29) is 18.4 Å². The van der Waals surface area contributed by atoms with Crippen molar-refractivity contribution >= 4 is 11.9 Å². The van der Waals surface area contributed by atoms with Gasteiger partial charge in [-0.25, -0.2) is 0 Å². The van der Waals surface area contributed by atoms with E-state index in [9.17, 15) is 14.7 Å². The molecule has 2 rings (SSSR count). The molecule has 0 aromatic carbocycles. The lowest BCUT2D eigenvalue weighted by molar-refractivity contribution is -0.148. The molecule has 20 heavy (non-hydrogen) atoms. The summed E-state index contributed by atoms with van der Waals surface area (Å²) in [5.74, 6) is -0.622. The molecule has 0 aromatic heterocycles. The van der Waals surface area contributed by atoms with Crippen molar-refractivity contribution in [3.63, 3.8) is 0 Å². The third-order valence-electron chi connectivity index (χ3n) is 4.48. The predicted octanol–water partition coefficient (Wildman–Crippen LogP) is -0.0545. The van der Waals surface area contributed by atoms with Crippen LogP contribution >= 0.6 is 0 Å². The topological polar surface area (TPSA) is 64.1 Å². The molecule has 0 bridgehead atoms. The Morgan fingerprint density at radius 1 is 1.15 bits per heavy atom. The van der Waals surface area contributed by atoms with Gasteiger partial charge in [0, 0.05) is 26.2 Å². The minimum Gasteiger partial charge on any atom is -0.480 e. The number of hydrogen-bond acceptors (Lipinski definition) is 4. The Kier molecular flexibility index (Phi) is 4.99. The fraction of sp³-hybridized carbons (Fsp3) is 0.857. The van der Waals surface area contributed by atoms with Gasteiger partial charge in [0.15, 0.2) is 0 Å². The first kappa shape index (κ1) is 15.3. The standard InChI is InChI=1S/C14H25N3O3/c1-11-4-3-5-17(13(11)14(19)20)10-12(18)16-8-6-15(2)7-9-16/h11,13H,3-10H2,1-2H3,(H,19,20). The van der Waals surface area contributed by atoms with Crippen molar-refractivity contribution in [2.45, 2.75) is 25.8 Å². The van der Waals surface area contributed by atoms with Gasteiger partial charge in [-0.3, -0.25) is 14.5 Å². The second kappa shape index (κ2) is 6.54. The van der Waals surface area contributed by atoms with E-state index in [0.717, 1.165) is 39.0 Å². The van der Waals surface area contributed by atoms with Crippen LogP contribution < -0.4 is 0 Å². The molecule has 0 radical (unpaired) electrons. The summed E-state index contributed by atoms with van der Waals surface area (Å²) in [5, 5.41) is 9.36. The van der Waals surface area contributed by atoms with E-state index < -0.39 is 12.0 Å². The highest BCUT2D eigenvalue weighted by Crippen LogP contribution is 2.23. The summed E-state index contributed by atoms with van der Waals surface area (Å²) in [7, 11) is 2.05. The smallest absolute Gasteiger partial charge is 0.321 e. The number of likely N-dealkylation sites (N-methyl/N-ethyl adjacent to an activating group) is 1. The van der Waals surface area contributed by atoms with Crippen LogP contribution in [0.25, 0.3) is 0 Å². The lowest BCUT2D eigenvalue weighted by Crippen LogP contribution is -2.55. The fourth-order valence-corrected chi connectivity index (χ4v) is 3.18. The summed E-state index contributed by atoms with van der Waals surface area (Å²) in [6.45, 7) is 6.19. The second-order valence-electron chi connectivity index (χ2n) is 6.06. The largest absolute Gasteiger partial charge is 0.480 e. The molecule has 114 valence electrons. The minimum absolute atomic E-state index is 0.0680. The van der Waals surface area contributed by atoms with Crippen molar-refractivity contribution in [2.24, 2.45) is 5.92 Å². The highest BCUT2D eigenvalue weighted by Gasteiger charge is 2.35. The van der Waals surface area contributed by atoms with Crippen LogP contribution in [0.2, 0.25) is 0 Å². The molecule has 2 saturated heterocycles. The minimum atomic E-state index is -0.802. The van der Waals surface area contributed by atoms with E-state index in [1.54, 1.807) is 0 Å². The van der Waals surface area contributed by atoms with Gasteiger partial charge in [0.1, 0.15) is 6.04 Å². The number of hydrogen-bond donors (Lipinski definition) is 1. The molecule has 1 amide bonds. The van der Waals surface area contributed by atoms with E-state index in [0.29, 0.717) is 6.54 Å². The maximum Gasteiger partial charge on any atom is 0.321 e. The molecule has 2 atom stereocenters. The summed E-state index contributed by atoms with van der Waals surface area (Å²) in [5.41, 5.74) is 0. The first-order valence-electron chi connectivity index (χ1n) is 7.42. The number of carbonyl (C=O) groups excluding carboxylic acids is 1. The Morgan fingerprint density at radius 3 is 2.40 bits per heavy atom. The molecule has 2 unspecified atom stereocenters. The highest BCUT2D eigenvalue weighted by molar-refractivity contribution is 5.80. The zero-order chi connectivity index (χ0) is 14.7. The van der Waals surface area contributed by atoms with Crippen LogP contribution in [0.3, 0.4) is 0 Å². The highest BCUT2D eigenvalue weighted by atomic mass is 16.4. The van der Waals surface area contributed by atoms with Crippen LogP contribution in [0.15, 0.2) is 0 Å². The van der Waals surface area contributed by atoms with E-state index in [1.165, 1.54) is 0 Å². The number of likely N-dealkylation sites (tertiary alicyclic amines) is 1. The molecule has 2 heterocycles. The van der Waals surface area contributed by atoms with Crippen LogP contribution in [0.1, 0.15) is 19.8 Å². The number of amides is 1. The summed E-state index contributed by atoms with van der Waals surface area (Å²) >= 11 is 0. The zero-order valence-electron chi connectivity index (χ0n) is 12.4. The van der Waals surface area contributed by atoms with Gasteiger partial charge in [-0.05, 0) is 32.4 Å². The van der Waals surface area contributed by atoms with Gasteiger partial charge in [0.2, 0.25) is 5.91 Å². The Bertz CT molecular complexity index is 367. The number of aliphatic carboxylic acids is 1. The lowest BCUT2D eigenvalue weighted by Gasteiger charge is -2.39. The molecule has 0 spiro atoms. The van der Waals surface area contributed by atoms with Gasteiger partial charge in [-0.2, -0.15) is 0 Å². The summed E-state index contributed by atoms with van der Waals surface area (Å²) in [4.78, 5) is 29.6. The molecule has 2 aliphatic heterocycles. The second-order valence-corrected chi connectivity index (χ2v) is 6.06. The van der Waals surface area contributed by atoms with Crippen molar-refractivity contribution in [1.82, 2.24) is 14.7 Å². The number of piperidine rings is 1. The maximum absolute atomic E-state index is 12.3. The summed E-state index contributed by atoms with van der Waals surface area (Å²) < 4.78 is 0. The van der Waals surface area contributed by atoms with Crippen molar-refractivity contribution in [2.75, 3.05) is 46.3 Å². The number of nitrogens with zero attached hydrogens (tertiary/aromatic N) is 3. The van der Waals surface area contributed by atoms with Crippen molar-refractivity contribution < 1.29 is 14.7 Å². The Balaban J connectivity index is 1.93. The van der Waals surface area contributed by atoms with Crippen molar-refractivity contribution in [1.29, 1.82) is 0 Å². The molecule has 1 N–H and O–H groups in total. The third kappa shape index (κ3) is 3.49. The molecule has 0 saturated carbocycles. The van der Waals surface area contributed by atoms with Crippen LogP contribution in [0, 0.1) is 5.92 Å². The van der Waals surface area contributed by atoms with E-state index in [4.69, 9.17) is 0 Å². The number of carbonyl (C=O) groups is 2. The number of rotatable bonds is 3. The molecule has 2 fully saturated rings. The Hall–Kier alpha value is -1.14. The number of piperazine rings is 1. The Labute approximate surface area is 120 Å². The maximum atomic E-state index is 12.3. The average Bonchev–Trinajstić information content (AvgIpc) is 2.39. The molecule has 6 heteroatoms. The number of carboxylic acids is 1. The lowest BCUT2D eigenvalue weighted by atomic mass is 9.91. The summed E-state index contributed by atoms with van der Waals surface area (Å²) in [6, 6.07) is -0.514. The van der Waals surface area contributed by atoms with E-state index in [2.05, 4.69) is 11.9 Å². The van der Waals surface area contributed by atoms with Crippen molar-refractivity contribution in [3.05, 3.63) is 0 Å². The van der Waals surface area contributed by atoms with Gasteiger partial charge >= 0.3 is 5.97 Å². The average molecular weight is 283 g/mol. The monoisotopic (exact) mass is 283 g/mol. The van der Waals surface area contributed by atoms with E-state index in [1.807, 2.05) is 16.7 Å². The first-order chi connectivity index (χ1) is 9.49. The predicted molar refractivity (Wildman–Crippen MR) is 75.5 cm³/mol. The Morgan fingerprint density at radius 2 is 1.80 bits per heavy atom. The molecule has 0 aromatic rings. The summed E-state index contributed by atoms with van der Waals surface area (Å²) in [6.07, 6.45) is 1.90. The molecule has 6 nitrogen and oxygen atoms in total. The zero-order valence-corrected chi connectivity index (χ0v) is 12.4. The SMILES string of the molecule is CC1CCCN(CC(=O)N2CCN(C)CC2)C1C(=O)O. The molecular weight excluding hydrogens is 258 g/mol. The van der Waals surface area contributed by atoms with Crippen LogP contribution in [0.4, 0.5) is 0 Å². The van der Waals surface area contributed by atoms with Gasteiger partial charge in [0.25, 0.3) is 0 Å².